The number of esters is 2. The highest BCUT2D eigenvalue weighted by Gasteiger charge is 2.21. The van der Waals surface area contributed by atoms with Crippen LogP contribution in [-0.4, -0.2) is 49.7 Å². The number of carbonyl (C=O) groups is 2. The van der Waals surface area contributed by atoms with Crippen LogP contribution in [0, 0.1) is 0 Å². The first-order chi connectivity index (χ1) is 7.74. The van der Waals surface area contributed by atoms with Crippen LogP contribution in [0.25, 0.3) is 0 Å². The van der Waals surface area contributed by atoms with Crippen molar-refractivity contribution in [2.45, 2.75) is 25.0 Å². The summed E-state index contributed by atoms with van der Waals surface area (Å²) < 4.78 is 10.1. The lowest BCUT2D eigenvalue weighted by Gasteiger charge is -2.20. The predicted molar refractivity (Wildman–Crippen MR) is 55.7 cm³/mol. The maximum Gasteiger partial charge on any atom is 0.328 e. The second-order valence-corrected chi connectivity index (χ2v) is 3.61. The lowest BCUT2D eigenvalue weighted by atomic mass is 10.1. The maximum atomic E-state index is 10.9. The largest absolute Gasteiger partial charge is 0.455 e. The Bertz CT molecular complexity index is 317. The third-order valence-corrected chi connectivity index (χ3v) is 2.29. The van der Waals surface area contributed by atoms with E-state index in [2.05, 4.69) is 9.98 Å². The summed E-state index contributed by atoms with van der Waals surface area (Å²) in [6, 6.07) is 0. The number of hydrogen-bond donors (Lipinski definition) is 0. The highest BCUT2D eigenvalue weighted by atomic mass is 16.6. The van der Waals surface area contributed by atoms with Crippen molar-refractivity contribution in [1.82, 2.24) is 0 Å². The van der Waals surface area contributed by atoms with E-state index in [1.54, 1.807) is 12.4 Å². The van der Waals surface area contributed by atoms with Crippen molar-refractivity contribution in [3.63, 3.8) is 0 Å². The van der Waals surface area contributed by atoms with Gasteiger partial charge >= 0.3 is 11.9 Å². The molecule has 0 N–H and O–H groups in total. The van der Waals surface area contributed by atoms with Gasteiger partial charge in [0.05, 0.1) is 0 Å². The Morgan fingerprint density at radius 3 is 1.81 bits per heavy atom. The zero-order valence-electron chi connectivity index (χ0n) is 8.67. The summed E-state index contributed by atoms with van der Waals surface area (Å²) in [5, 5.41) is 0. The fraction of sp³-hybridized carbons (Fsp3) is 0.600. The summed E-state index contributed by atoms with van der Waals surface area (Å²) in [6.07, 6.45) is 3.77. The summed E-state index contributed by atoms with van der Waals surface area (Å²) in [6.45, 7) is 0.187. The molecule has 0 bridgehead atoms. The lowest BCUT2D eigenvalue weighted by Crippen LogP contribution is -2.30. The van der Waals surface area contributed by atoms with E-state index in [1.807, 2.05) is 0 Å². The van der Waals surface area contributed by atoms with Gasteiger partial charge in [0.1, 0.15) is 25.3 Å². The Morgan fingerprint density at radius 1 is 1.00 bits per heavy atom. The van der Waals surface area contributed by atoms with Crippen molar-refractivity contribution < 1.29 is 19.1 Å². The van der Waals surface area contributed by atoms with Crippen molar-refractivity contribution in [1.29, 1.82) is 0 Å². The van der Waals surface area contributed by atoms with E-state index < -0.39 is 0 Å². The molecule has 0 saturated carbocycles. The highest BCUT2D eigenvalue weighted by Crippen LogP contribution is 2.10. The first-order valence-electron chi connectivity index (χ1n) is 5.13. The van der Waals surface area contributed by atoms with Crippen LogP contribution < -0.4 is 0 Å². The monoisotopic (exact) mass is 224 g/mol. The van der Waals surface area contributed by atoms with Gasteiger partial charge in [-0.2, -0.15) is 0 Å². The van der Waals surface area contributed by atoms with Gasteiger partial charge in [-0.25, -0.2) is 0 Å². The van der Waals surface area contributed by atoms with E-state index in [9.17, 15) is 9.59 Å². The van der Waals surface area contributed by atoms with Gasteiger partial charge in [-0.15, -0.1) is 0 Å². The molecular formula is C10H12N2O4. The fourth-order valence-electron chi connectivity index (χ4n) is 1.56. The van der Waals surface area contributed by atoms with Crippen molar-refractivity contribution in [3.05, 3.63) is 0 Å². The molecule has 2 heterocycles. The minimum atomic E-state index is -0.318. The predicted octanol–water partition coefficient (Wildman–Crippen LogP) is -0.241. The average Bonchev–Trinajstić information content (AvgIpc) is 2.27. The van der Waals surface area contributed by atoms with Gasteiger partial charge in [-0.3, -0.25) is 19.6 Å². The van der Waals surface area contributed by atoms with Crippen LogP contribution in [0.4, 0.5) is 0 Å². The van der Waals surface area contributed by atoms with Crippen LogP contribution in [0.5, 0.6) is 0 Å². The first-order valence-corrected chi connectivity index (χ1v) is 5.13. The fourth-order valence-corrected chi connectivity index (χ4v) is 1.56. The second-order valence-electron chi connectivity index (χ2n) is 3.61. The molecule has 0 saturated heterocycles. The lowest BCUT2D eigenvalue weighted by molar-refractivity contribution is -0.148. The molecule has 86 valence electrons. The molecule has 0 aromatic carbocycles. The van der Waals surface area contributed by atoms with E-state index in [0.29, 0.717) is 12.8 Å². The van der Waals surface area contributed by atoms with E-state index in [4.69, 9.17) is 9.47 Å². The SMILES string of the molecule is O=C1CN=CC(CCC2C=NCC(=O)O2)O1. The number of hydrogen-bond acceptors (Lipinski definition) is 6. The van der Waals surface area contributed by atoms with Gasteiger partial charge in [-0.1, -0.05) is 0 Å². The smallest absolute Gasteiger partial charge is 0.328 e. The van der Waals surface area contributed by atoms with Gasteiger partial charge in [0.2, 0.25) is 0 Å². The average molecular weight is 224 g/mol. The minimum absolute atomic E-state index is 0.0936. The third-order valence-electron chi connectivity index (χ3n) is 2.29. The molecule has 0 aromatic rings. The Balaban J connectivity index is 1.78. The Morgan fingerprint density at radius 2 is 1.44 bits per heavy atom. The maximum absolute atomic E-state index is 10.9. The Hall–Kier alpha value is -1.72. The van der Waals surface area contributed by atoms with Crippen LogP contribution in [0.2, 0.25) is 0 Å². The van der Waals surface area contributed by atoms with Gasteiger partial charge in [0.25, 0.3) is 0 Å². The Labute approximate surface area is 92.4 Å². The second kappa shape index (κ2) is 4.87. The van der Waals surface area contributed by atoms with Crippen molar-refractivity contribution in [2.75, 3.05) is 13.1 Å². The van der Waals surface area contributed by atoms with Crippen LogP contribution in [0.15, 0.2) is 9.98 Å². The number of ether oxygens (including phenoxy) is 2. The molecule has 0 radical (unpaired) electrons. The molecule has 2 rings (SSSR count). The molecule has 16 heavy (non-hydrogen) atoms. The zero-order valence-corrected chi connectivity index (χ0v) is 8.67. The zero-order chi connectivity index (χ0) is 11.4. The summed E-state index contributed by atoms with van der Waals surface area (Å²) >= 11 is 0. The third kappa shape index (κ3) is 2.88. The molecule has 0 aliphatic carbocycles. The summed E-state index contributed by atoms with van der Waals surface area (Å²) in [4.78, 5) is 29.6. The summed E-state index contributed by atoms with van der Waals surface area (Å²) in [7, 11) is 0. The number of aliphatic imine (C=N–C) groups is 2. The van der Waals surface area contributed by atoms with Crippen molar-refractivity contribution in [3.8, 4) is 0 Å². The highest BCUT2D eigenvalue weighted by molar-refractivity contribution is 5.81. The number of cyclic esters (lactones) is 2. The molecule has 0 amide bonds. The van der Waals surface area contributed by atoms with Crippen LogP contribution in [0.3, 0.4) is 0 Å². The molecule has 0 aromatic heterocycles. The molecule has 6 heteroatoms. The van der Waals surface area contributed by atoms with Crippen molar-refractivity contribution in [2.24, 2.45) is 9.98 Å². The van der Waals surface area contributed by atoms with Crippen LogP contribution in [0.1, 0.15) is 12.8 Å². The van der Waals surface area contributed by atoms with E-state index in [1.165, 1.54) is 0 Å². The van der Waals surface area contributed by atoms with Gasteiger partial charge in [0, 0.05) is 12.4 Å². The molecule has 0 spiro atoms. The number of rotatable bonds is 3. The van der Waals surface area contributed by atoms with Gasteiger partial charge in [-0.05, 0) is 12.8 Å². The quantitative estimate of drug-likeness (QED) is 0.620. The van der Waals surface area contributed by atoms with E-state index in [-0.39, 0.29) is 37.2 Å². The molecule has 2 unspecified atom stereocenters. The standard InChI is InChI=1S/C10H12N2O4/c13-9-5-11-3-7(15-9)1-2-8-4-12-6-10(14)16-8/h3-4,7-8H,1-2,5-6H2. The van der Waals surface area contributed by atoms with Crippen LogP contribution >= 0.6 is 0 Å². The first kappa shape index (κ1) is 10.8. The molecule has 2 atom stereocenters. The molecule has 2 aliphatic heterocycles. The van der Waals surface area contributed by atoms with Gasteiger partial charge < -0.3 is 9.47 Å². The minimum Gasteiger partial charge on any atom is -0.455 e. The van der Waals surface area contributed by atoms with Crippen LogP contribution in [-0.2, 0) is 19.1 Å². The number of carbonyl (C=O) groups excluding carboxylic acids is 2. The normalized spacial score (nSPS) is 28.8. The van der Waals surface area contributed by atoms with Gasteiger partial charge in [0.15, 0.2) is 0 Å². The van der Waals surface area contributed by atoms with Crippen molar-refractivity contribution >= 4 is 24.4 Å². The molecular weight excluding hydrogens is 212 g/mol. The summed E-state index contributed by atoms with van der Waals surface area (Å²) in [5.74, 6) is -0.636. The molecule has 0 fully saturated rings. The Kier molecular flexibility index (Phi) is 3.28. The van der Waals surface area contributed by atoms with E-state index >= 15 is 0 Å². The summed E-state index contributed by atoms with van der Waals surface area (Å²) in [5.41, 5.74) is 0. The molecule has 2 aliphatic rings. The number of nitrogens with zero attached hydrogens (tertiary/aromatic N) is 2. The van der Waals surface area contributed by atoms with E-state index in [0.717, 1.165) is 0 Å². The topological polar surface area (TPSA) is 77.3 Å². The molecule has 6 nitrogen and oxygen atoms in total.